The average molecular weight is 305 g/mol. The van der Waals surface area contributed by atoms with Gasteiger partial charge in [0, 0.05) is 18.5 Å². The summed E-state index contributed by atoms with van der Waals surface area (Å²) in [6.45, 7) is 4.70. The molecule has 6 heteroatoms. The first-order chi connectivity index (χ1) is 9.02. The Hall–Kier alpha value is -1.33. The molecule has 1 rings (SSSR count). The maximum Gasteiger partial charge on any atom is 0.224 e. The highest BCUT2D eigenvalue weighted by molar-refractivity contribution is 5.85. The van der Waals surface area contributed by atoms with E-state index >= 15 is 0 Å². The van der Waals surface area contributed by atoms with Crippen LogP contribution < -0.4 is 15.4 Å². The van der Waals surface area contributed by atoms with E-state index < -0.39 is 0 Å². The van der Waals surface area contributed by atoms with Gasteiger partial charge in [-0.2, -0.15) is 0 Å². The molecule has 0 aliphatic heterocycles. The second kappa shape index (κ2) is 9.55. The molecule has 4 nitrogen and oxygen atoms in total. The third-order valence-corrected chi connectivity index (χ3v) is 2.65. The first kappa shape index (κ1) is 18.7. The van der Waals surface area contributed by atoms with Crippen LogP contribution in [0.4, 0.5) is 4.39 Å². The van der Waals surface area contributed by atoms with E-state index in [1.807, 2.05) is 13.8 Å². The number of benzene rings is 1. The van der Waals surface area contributed by atoms with Gasteiger partial charge >= 0.3 is 0 Å². The Kier molecular flexibility index (Phi) is 8.92. The zero-order valence-electron chi connectivity index (χ0n) is 12.0. The van der Waals surface area contributed by atoms with Crippen LogP contribution in [-0.2, 0) is 4.79 Å². The van der Waals surface area contributed by atoms with Gasteiger partial charge in [-0.3, -0.25) is 4.79 Å². The van der Waals surface area contributed by atoms with Crippen LogP contribution in [0.25, 0.3) is 0 Å². The smallest absolute Gasteiger partial charge is 0.224 e. The van der Waals surface area contributed by atoms with Gasteiger partial charge in [-0.05, 0) is 26.1 Å². The molecule has 0 saturated heterocycles. The summed E-state index contributed by atoms with van der Waals surface area (Å²) in [6.07, 6.45) is -0.215. The van der Waals surface area contributed by atoms with Crippen LogP contribution in [-0.4, -0.2) is 32.1 Å². The fourth-order valence-electron chi connectivity index (χ4n) is 1.63. The lowest BCUT2D eigenvalue weighted by Gasteiger charge is -2.17. The minimum Gasteiger partial charge on any atom is -0.489 e. The SMILES string of the molecule is CNCC(C)C(=O)NCC(C)Oc1cccc(F)c1.Cl. The summed E-state index contributed by atoms with van der Waals surface area (Å²) in [5.74, 6) is 0.0109. The van der Waals surface area contributed by atoms with Crippen LogP contribution in [0.3, 0.4) is 0 Å². The number of hydrogen-bond acceptors (Lipinski definition) is 3. The van der Waals surface area contributed by atoms with E-state index in [0.29, 0.717) is 18.8 Å². The van der Waals surface area contributed by atoms with Gasteiger partial charge in [-0.1, -0.05) is 13.0 Å². The molecular weight excluding hydrogens is 283 g/mol. The molecule has 0 heterocycles. The minimum absolute atomic E-state index is 0. The molecule has 0 fully saturated rings. The Morgan fingerprint density at radius 2 is 2.05 bits per heavy atom. The monoisotopic (exact) mass is 304 g/mol. The Morgan fingerprint density at radius 1 is 1.35 bits per heavy atom. The van der Waals surface area contributed by atoms with Crippen molar-refractivity contribution in [1.29, 1.82) is 0 Å². The van der Waals surface area contributed by atoms with Crippen LogP contribution in [0.5, 0.6) is 5.75 Å². The van der Waals surface area contributed by atoms with Crippen LogP contribution in [0.2, 0.25) is 0 Å². The molecule has 0 radical (unpaired) electrons. The van der Waals surface area contributed by atoms with Crippen molar-refractivity contribution in [3.8, 4) is 5.75 Å². The molecule has 2 atom stereocenters. The van der Waals surface area contributed by atoms with Gasteiger partial charge in [0.05, 0.1) is 6.54 Å². The highest BCUT2D eigenvalue weighted by Crippen LogP contribution is 2.13. The third kappa shape index (κ3) is 6.73. The lowest BCUT2D eigenvalue weighted by Crippen LogP contribution is -2.39. The lowest BCUT2D eigenvalue weighted by molar-refractivity contribution is -0.124. The molecular formula is C14H22ClFN2O2. The zero-order chi connectivity index (χ0) is 14.3. The number of nitrogens with one attached hydrogen (secondary N) is 2. The molecule has 0 bridgehead atoms. The average Bonchev–Trinajstić information content (AvgIpc) is 2.36. The van der Waals surface area contributed by atoms with Crippen LogP contribution in [0, 0.1) is 11.7 Å². The molecule has 1 amide bonds. The van der Waals surface area contributed by atoms with Crippen molar-refractivity contribution in [1.82, 2.24) is 10.6 Å². The number of carbonyl (C=O) groups is 1. The number of amides is 1. The molecule has 0 saturated carbocycles. The van der Waals surface area contributed by atoms with Crippen molar-refractivity contribution in [2.24, 2.45) is 5.92 Å². The molecule has 2 N–H and O–H groups in total. The van der Waals surface area contributed by atoms with E-state index in [-0.39, 0.29) is 36.2 Å². The Labute approximate surface area is 125 Å². The molecule has 114 valence electrons. The van der Waals surface area contributed by atoms with Crippen molar-refractivity contribution < 1.29 is 13.9 Å². The normalized spacial score (nSPS) is 13.0. The van der Waals surface area contributed by atoms with Crippen molar-refractivity contribution >= 4 is 18.3 Å². The summed E-state index contributed by atoms with van der Waals surface area (Å²) in [5.41, 5.74) is 0. The van der Waals surface area contributed by atoms with Crippen molar-refractivity contribution in [3.05, 3.63) is 30.1 Å². The van der Waals surface area contributed by atoms with E-state index in [4.69, 9.17) is 4.74 Å². The van der Waals surface area contributed by atoms with Gasteiger partial charge in [0.1, 0.15) is 17.7 Å². The summed E-state index contributed by atoms with van der Waals surface area (Å²) in [6, 6.07) is 5.96. The highest BCUT2D eigenvalue weighted by atomic mass is 35.5. The van der Waals surface area contributed by atoms with Gasteiger partial charge in [-0.15, -0.1) is 12.4 Å². The fraction of sp³-hybridized carbons (Fsp3) is 0.500. The predicted molar refractivity (Wildman–Crippen MR) is 79.8 cm³/mol. The van der Waals surface area contributed by atoms with E-state index in [2.05, 4.69) is 10.6 Å². The first-order valence-electron chi connectivity index (χ1n) is 6.37. The predicted octanol–water partition coefficient (Wildman–Crippen LogP) is 1.99. The van der Waals surface area contributed by atoms with Crippen LogP contribution in [0.15, 0.2) is 24.3 Å². The number of carbonyl (C=O) groups excluding carboxylic acids is 1. The number of ether oxygens (including phenoxy) is 1. The second-order valence-electron chi connectivity index (χ2n) is 4.59. The lowest BCUT2D eigenvalue weighted by atomic mass is 10.1. The molecule has 1 aromatic carbocycles. The van der Waals surface area contributed by atoms with E-state index in [0.717, 1.165) is 0 Å². The van der Waals surface area contributed by atoms with Crippen molar-refractivity contribution in [2.75, 3.05) is 20.1 Å². The second-order valence-corrected chi connectivity index (χ2v) is 4.59. The number of hydrogen-bond donors (Lipinski definition) is 2. The van der Waals surface area contributed by atoms with Crippen LogP contribution >= 0.6 is 12.4 Å². The summed E-state index contributed by atoms with van der Waals surface area (Å²) in [7, 11) is 1.81. The van der Waals surface area contributed by atoms with Crippen LogP contribution in [0.1, 0.15) is 13.8 Å². The topological polar surface area (TPSA) is 50.4 Å². The van der Waals surface area contributed by atoms with Gasteiger partial charge in [0.2, 0.25) is 5.91 Å². The van der Waals surface area contributed by atoms with E-state index in [9.17, 15) is 9.18 Å². The van der Waals surface area contributed by atoms with E-state index in [1.165, 1.54) is 12.1 Å². The van der Waals surface area contributed by atoms with Crippen molar-refractivity contribution in [2.45, 2.75) is 20.0 Å². The summed E-state index contributed by atoms with van der Waals surface area (Å²) < 4.78 is 18.5. The quantitative estimate of drug-likeness (QED) is 0.810. The number of halogens is 2. The van der Waals surface area contributed by atoms with Gasteiger partial charge in [0.25, 0.3) is 0 Å². The molecule has 0 aliphatic carbocycles. The zero-order valence-corrected chi connectivity index (χ0v) is 12.8. The summed E-state index contributed by atoms with van der Waals surface area (Å²) in [5, 5.41) is 5.75. The standard InChI is InChI=1S/C14H21FN2O2.ClH/c1-10(8-16-3)14(18)17-9-11(2)19-13-6-4-5-12(15)7-13;/h4-7,10-11,16H,8-9H2,1-3H3,(H,17,18);1H. The van der Waals surface area contributed by atoms with Crippen molar-refractivity contribution in [3.63, 3.8) is 0 Å². The Bertz CT molecular complexity index is 418. The minimum atomic E-state index is -0.337. The van der Waals surface area contributed by atoms with Gasteiger partial charge in [-0.25, -0.2) is 4.39 Å². The summed E-state index contributed by atoms with van der Waals surface area (Å²) in [4.78, 5) is 11.7. The fourth-order valence-corrected chi connectivity index (χ4v) is 1.63. The molecule has 20 heavy (non-hydrogen) atoms. The largest absolute Gasteiger partial charge is 0.489 e. The maximum atomic E-state index is 13.0. The maximum absolute atomic E-state index is 13.0. The number of rotatable bonds is 7. The molecule has 2 unspecified atom stereocenters. The van der Waals surface area contributed by atoms with E-state index in [1.54, 1.807) is 19.2 Å². The van der Waals surface area contributed by atoms with Gasteiger partial charge < -0.3 is 15.4 Å². The molecule has 0 aliphatic rings. The summed E-state index contributed by atoms with van der Waals surface area (Å²) >= 11 is 0. The third-order valence-electron chi connectivity index (χ3n) is 2.65. The first-order valence-corrected chi connectivity index (χ1v) is 6.37. The Balaban J connectivity index is 0.00000361. The van der Waals surface area contributed by atoms with Gasteiger partial charge in [0.15, 0.2) is 0 Å². The molecule has 0 spiro atoms. The molecule has 0 aromatic heterocycles. The highest BCUT2D eigenvalue weighted by Gasteiger charge is 2.13. The molecule has 1 aromatic rings. The Morgan fingerprint density at radius 3 is 2.65 bits per heavy atom.